The monoisotopic (exact) mass is 364 g/mol. The van der Waals surface area contributed by atoms with Crippen molar-refractivity contribution in [2.45, 2.75) is 25.3 Å². The lowest BCUT2D eigenvalue weighted by molar-refractivity contribution is -0.385. The van der Waals surface area contributed by atoms with Crippen LogP contribution < -0.4 is 5.32 Å². The molecule has 0 radical (unpaired) electrons. The molecule has 2 aromatic rings. The molecule has 0 fully saturated rings. The molecule has 0 aliphatic heterocycles. The molecular weight excluding hydrogens is 347 g/mol. The second-order valence-electron chi connectivity index (χ2n) is 6.11. The number of nitro groups is 1. The van der Waals surface area contributed by atoms with Gasteiger partial charge in [0.1, 0.15) is 23.7 Å². The molecule has 0 spiro atoms. The van der Waals surface area contributed by atoms with Crippen molar-refractivity contribution in [3.8, 4) is 0 Å². The minimum Gasteiger partial charge on any atom is -0.481 e. The van der Waals surface area contributed by atoms with Crippen molar-refractivity contribution >= 4 is 17.6 Å². The number of nitrogens with zero attached hydrogens (tertiary/aromatic N) is 3. The third-order valence-electron chi connectivity index (χ3n) is 3.95. The predicted molar refractivity (Wildman–Crippen MR) is 88.0 cm³/mol. The van der Waals surface area contributed by atoms with Gasteiger partial charge in [0.2, 0.25) is 5.91 Å². The van der Waals surface area contributed by atoms with Gasteiger partial charge in [0.05, 0.1) is 10.8 Å². The van der Waals surface area contributed by atoms with Crippen molar-refractivity contribution in [1.29, 1.82) is 0 Å². The summed E-state index contributed by atoms with van der Waals surface area (Å²) >= 11 is 0. The van der Waals surface area contributed by atoms with Crippen molar-refractivity contribution in [3.05, 3.63) is 58.2 Å². The van der Waals surface area contributed by atoms with Crippen LogP contribution in [-0.2, 0) is 15.1 Å². The maximum absolute atomic E-state index is 13.0. The molecule has 1 heterocycles. The summed E-state index contributed by atoms with van der Waals surface area (Å²) in [6.45, 7) is 2.76. The summed E-state index contributed by atoms with van der Waals surface area (Å²) in [4.78, 5) is 34.0. The normalized spacial score (nSPS) is 12.4. The van der Waals surface area contributed by atoms with Gasteiger partial charge in [-0.05, 0) is 31.5 Å². The number of aromatic nitrogens is 2. The summed E-state index contributed by atoms with van der Waals surface area (Å²) in [6.07, 6.45) is 2.14. The molecule has 0 saturated carbocycles. The topological polar surface area (TPSA) is 127 Å². The molecule has 10 heteroatoms. The van der Waals surface area contributed by atoms with E-state index in [4.69, 9.17) is 0 Å². The molecule has 138 valence electrons. The number of rotatable bonds is 7. The second kappa shape index (κ2) is 7.30. The number of carbonyl (C=O) groups excluding carboxylic acids is 1. The molecule has 26 heavy (non-hydrogen) atoms. The van der Waals surface area contributed by atoms with Crippen molar-refractivity contribution in [2.75, 3.05) is 6.54 Å². The van der Waals surface area contributed by atoms with E-state index < -0.39 is 34.1 Å². The Hall–Kier alpha value is -3.30. The van der Waals surface area contributed by atoms with E-state index in [1.807, 2.05) is 0 Å². The molecule has 9 nitrogen and oxygen atoms in total. The lowest BCUT2D eigenvalue weighted by Crippen LogP contribution is -2.46. The zero-order valence-corrected chi connectivity index (χ0v) is 14.0. The van der Waals surface area contributed by atoms with Gasteiger partial charge in [-0.25, -0.2) is 4.39 Å². The number of benzene rings is 1. The maximum Gasteiger partial charge on any atom is 0.312 e. The van der Waals surface area contributed by atoms with Gasteiger partial charge in [0.25, 0.3) is 0 Å². The fraction of sp³-hybridized carbons (Fsp3) is 0.312. The summed E-state index contributed by atoms with van der Waals surface area (Å²) in [5.74, 6) is -3.31. The van der Waals surface area contributed by atoms with E-state index in [2.05, 4.69) is 10.4 Å². The Morgan fingerprint density at radius 1 is 1.38 bits per heavy atom. The Morgan fingerprint density at radius 3 is 2.50 bits per heavy atom. The van der Waals surface area contributed by atoms with Crippen LogP contribution in [0.1, 0.15) is 25.3 Å². The van der Waals surface area contributed by atoms with Gasteiger partial charge in [0, 0.05) is 6.54 Å². The average Bonchev–Trinajstić information content (AvgIpc) is 3.07. The minimum atomic E-state index is -1.28. The first-order valence-electron chi connectivity index (χ1n) is 7.59. The highest BCUT2D eigenvalue weighted by molar-refractivity contribution is 5.84. The Bertz CT molecular complexity index is 831. The third-order valence-corrected chi connectivity index (χ3v) is 3.95. The molecule has 0 saturated heterocycles. The van der Waals surface area contributed by atoms with Crippen LogP contribution in [-0.4, -0.2) is 38.2 Å². The second-order valence-corrected chi connectivity index (χ2v) is 6.11. The van der Waals surface area contributed by atoms with Gasteiger partial charge in [-0.1, -0.05) is 12.1 Å². The largest absolute Gasteiger partial charge is 0.481 e. The number of carboxylic acids is 1. The van der Waals surface area contributed by atoms with Crippen LogP contribution in [0.15, 0.2) is 36.7 Å². The Balaban J connectivity index is 2.12. The Morgan fingerprint density at radius 2 is 2.00 bits per heavy atom. The van der Waals surface area contributed by atoms with Crippen LogP contribution in [0.4, 0.5) is 10.1 Å². The summed E-state index contributed by atoms with van der Waals surface area (Å²) in [5.41, 5.74) is -1.20. The fourth-order valence-electron chi connectivity index (χ4n) is 2.27. The Kier molecular flexibility index (Phi) is 5.34. The van der Waals surface area contributed by atoms with E-state index >= 15 is 0 Å². The number of hydrogen-bond donors (Lipinski definition) is 2. The standard InChI is InChI=1S/C16H17FN4O5/c1-16(2,20-9-12(7-19-20)21(25)26)15(24)18-8-13(14(22)23)10-3-5-11(17)6-4-10/h3-7,9,13H,8H2,1-2H3,(H,18,24)(H,22,23). The fourth-order valence-corrected chi connectivity index (χ4v) is 2.27. The first kappa shape index (κ1) is 19.0. The highest BCUT2D eigenvalue weighted by Crippen LogP contribution is 2.20. The van der Waals surface area contributed by atoms with Crippen LogP contribution in [0.25, 0.3) is 0 Å². The van der Waals surface area contributed by atoms with Crippen LogP contribution >= 0.6 is 0 Å². The molecule has 2 rings (SSSR count). The highest BCUT2D eigenvalue weighted by Gasteiger charge is 2.33. The number of nitrogens with one attached hydrogen (secondary N) is 1. The zero-order chi connectivity index (χ0) is 19.5. The zero-order valence-electron chi connectivity index (χ0n) is 14.0. The number of amides is 1. The van der Waals surface area contributed by atoms with E-state index in [9.17, 15) is 29.2 Å². The number of aliphatic carboxylic acids is 1. The molecule has 0 aliphatic carbocycles. The van der Waals surface area contributed by atoms with E-state index in [1.54, 1.807) is 0 Å². The number of carbonyl (C=O) groups is 2. The van der Waals surface area contributed by atoms with Crippen molar-refractivity contribution in [3.63, 3.8) is 0 Å². The summed E-state index contributed by atoms with van der Waals surface area (Å²) < 4.78 is 14.1. The highest BCUT2D eigenvalue weighted by atomic mass is 19.1. The van der Waals surface area contributed by atoms with Gasteiger partial charge in [0.15, 0.2) is 0 Å². The molecule has 1 aromatic heterocycles. The van der Waals surface area contributed by atoms with Gasteiger partial charge in [-0.2, -0.15) is 5.10 Å². The van der Waals surface area contributed by atoms with Gasteiger partial charge in [-0.3, -0.25) is 24.4 Å². The van der Waals surface area contributed by atoms with Gasteiger partial charge >= 0.3 is 11.7 Å². The molecule has 0 aliphatic rings. The number of hydrogen-bond acceptors (Lipinski definition) is 5. The van der Waals surface area contributed by atoms with E-state index in [-0.39, 0.29) is 12.2 Å². The molecule has 1 amide bonds. The number of carboxylic acid groups (broad SMARTS) is 1. The SMILES string of the molecule is CC(C)(C(=O)NCC(C(=O)O)c1ccc(F)cc1)n1cc([N+](=O)[O-])cn1. The first-order chi connectivity index (χ1) is 12.1. The van der Waals surface area contributed by atoms with Gasteiger partial charge < -0.3 is 10.4 Å². The summed E-state index contributed by atoms with van der Waals surface area (Å²) in [6, 6.07) is 4.95. The van der Waals surface area contributed by atoms with Crippen molar-refractivity contribution in [2.24, 2.45) is 0 Å². The van der Waals surface area contributed by atoms with Crippen LogP contribution in [0.5, 0.6) is 0 Å². The van der Waals surface area contributed by atoms with E-state index in [0.717, 1.165) is 29.2 Å². The quantitative estimate of drug-likeness (QED) is 0.568. The molecule has 1 unspecified atom stereocenters. The maximum atomic E-state index is 13.0. The average molecular weight is 364 g/mol. The van der Waals surface area contributed by atoms with Crippen LogP contribution in [0, 0.1) is 15.9 Å². The Labute approximate surface area is 147 Å². The van der Waals surface area contributed by atoms with Crippen LogP contribution in [0.2, 0.25) is 0 Å². The minimum absolute atomic E-state index is 0.230. The van der Waals surface area contributed by atoms with Gasteiger partial charge in [-0.15, -0.1) is 0 Å². The lowest BCUT2D eigenvalue weighted by Gasteiger charge is -2.25. The number of halogens is 1. The van der Waals surface area contributed by atoms with Crippen LogP contribution in [0.3, 0.4) is 0 Å². The molecular formula is C16H17FN4O5. The van der Waals surface area contributed by atoms with Crippen molar-refractivity contribution in [1.82, 2.24) is 15.1 Å². The molecule has 2 N–H and O–H groups in total. The van der Waals surface area contributed by atoms with E-state index in [1.165, 1.54) is 26.0 Å². The summed E-state index contributed by atoms with van der Waals surface area (Å²) in [5, 5.41) is 26.4. The van der Waals surface area contributed by atoms with Crippen molar-refractivity contribution < 1.29 is 24.0 Å². The molecule has 1 aromatic carbocycles. The molecule has 1 atom stereocenters. The lowest BCUT2D eigenvalue weighted by atomic mass is 9.98. The smallest absolute Gasteiger partial charge is 0.312 e. The first-order valence-corrected chi connectivity index (χ1v) is 7.59. The summed E-state index contributed by atoms with van der Waals surface area (Å²) in [7, 11) is 0. The third kappa shape index (κ3) is 4.02. The molecule has 0 bridgehead atoms. The predicted octanol–water partition coefficient (Wildman–Crippen LogP) is 1.65. The van der Waals surface area contributed by atoms with E-state index in [0.29, 0.717) is 5.56 Å².